The maximum atomic E-state index is 12.7. The van der Waals surface area contributed by atoms with Gasteiger partial charge in [0.15, 0.2) is 0 Å². The van der Waals surface area contributed by atoms with E-state index in [-0.39, 0.29) is 5.43 Å². The van der Waals surface area contributed by atoms with Gasteiger partial charge in [0.05, 0.1) is 5.69 Å². The summed E-state index contributed by atoms with van der Waals surface area (Å²) in [6, 6.07) is 8.46. The average Bonchev–Trinajstić information content (AvgIpc) is 2.48. The lowest BCUT2D eigenvalue weighted by Crippen LogP contribution is -2.41. The summed E-state index contributed by atoms with van der Waals surface area (Å²) in [4.78, 5) is 15.0. The van der Waals surface area contributed by atoms with E-state index in [4.69, 9.17) is 0 Å². The highest BCUT2D eigenvalue weighted by atomic mass is 32.1. The molecular formula is C16H19NOS. The van der Waals surface area contributed by atoms with Crippen LogP contribution in [0.2, 0.25) is 0 Å². The first kappa shape index (κ1) is 12.7. The molecule has 1 aliphatic heterocycles. The standard InChI is InChI=1S/C16H19NOS/c1-2-12-7-5-6-10-17(12)14-11-19-15-9-4-3-8-13(15)16(14)18/h3-4,8-9,11-12H,2,5-7,10H2,1H3. The molecule has 2 heterocycles. The van der Waals surface area contributed by atoms with E-state index < -0.39 is 0 Å². The van der Waals surface area contributed by atoms with Gasteiger partial charge in [0.2, 0.25) is 5.43 Å². The van der Waals surface area contributed by atoms with Crippen LogP contribution in [0.25, 0.3) is 10.1 Å². The highest BCUT2D eigenvalue weighted by Gasteiger charge is 2.23. The van der Waals surface area contributed by atoms with E-state index in [9.17, 15) is 4.79 Å². The Morgan fingerprint density at radius 1 is 1.32 bits per heavy atom. The summed E-state index contributed by atoms with van der Waals surface area (Å²) in [6.07, 6.45) is 4.83. The number of piperidine rings is 1. The number of anilines is 1. The number of benzene rings is 1. The predicted molar refractivity (Wildman–Crippen MR) is 83.4 cm³/mol. The smallest absolute Gasteiger partial charge is 0.211 e. The van der Waals surface area contributed by atoms with E-state index in [0.29, 0.717) is 6.04 Å². The monoisotopic (exact) mass is 273 g/mol. The van der Waals surface area contributed by atoms with Crippen LogP contribution >= 0.6 is 11.3 Å². The molecule has 1 aromatic heterocycles. The molecule has 3 rings (SSSR count). The number of fused-ring (bicyclic) bond motifs is 1. The molecule has 0 radical (unpaired) electrons. The molecule has 1 saturated heterocycles. The third kappa shape index (κ3) is 2.27. The third-order valence-electron chi connectivity index (χ3n) is 4.07. The first-order valence-electron chi connectivity index (χ1n) is 7.08. The molecule has 2 aromatic rings. The summed E-state index contributed by atoms with van der Waals surface area (Å²) in [5.74, 6) is 0. The molecule has 0 spiro atoms. The molecule has 1 aliphatic rings. The fourth-order valence-electron chi connectivity index (χ4n) is 3.01. The summed E-state index contributed by atoms with van der Waals surface area (Å²) >= 11 is 1.68. The van der Waals surface area contributed by atoms with Crippen LogP contribution in [0, 0.1) is 0 Å². The minimum atomic E-state index is 0.203. The molecule has 0 amide bonds. The van der Waals surface area contributed by atoms with Gasteiger partial charge in [-0.25, -0.2) is 0 Å². The fourth-order valence-corrected chi connectivity index (χ4v) is 3.93. The second kappa shape index (κ2) is 5.33. The molecule has 1 aromatic carbocycles. The Balaban J connectivity index is 2.09. The molecule has 0 N–H and O–H groups in total. The highest BCUT2D eigenvalue weighted by molar-refractivity contribution is 7.16. The minimum Gasteiger partial charge on any atom is -0.365 e. The van der Waals surface area contributed by atoms with Crippen molar-refractivity contribution in [2.75, 3.05) is 11.4 Å². The van der Waals surface area contributed by atoms with Crippen molar-refractivity contribution in [1.82, 2.24) is 0 Å². The number of rotatable bonds is 2. The van der Waals surface area contributed by atoms with E-state index in [0.717, 1.165) is 28.7 Å². The Bertz CT molecular complexity index is 634. The molecule has 0 bridgehead atoms. The molecule has 100 valence electrons. The van der Waals surface area contributed by atoms with E-state index in [2.05, 4.69) is 17.2 Å². The van der Waals surface area contributed by atoms with Crippen molar-refractivity contribution in [2.45, 2.75) is 38.6 Å². The summed E-state index contributed by atoms with van der Waals surface area (Å²) in [5, 5.41) is 2.92. The van der Waals surface area contributed by atoms with Crippen LogP contribution in [0.5, 0.6) is 0 Å². The zero-order valence-electron chi connectivity index (χ0n) is 11.3. The van der Waals surface area contributed by atoms with Crippen LogP contribution < -0.4 is 10.3 Å². The van der Waals surface area contributed by atoms with Gasteiger partial charge in [-0.2, -0.15) is 0 Å². The Morgan fingerprint density at radius 2 is 2.16 bits per heavy atom. The summed E-state index contributed by atoms with van der Waals surface area (Å²) in [6.45, 7) is 3.25. The molecule has 0 aliphatic carbocycles. The van der Waals surface area contributed by atoms with Crippen LogP contribution in [-0.4, -0.2) is 12.6 Å². The molecule has 3 heteroatoms. The van der Waals surface area contributed by atoms with Crippen molar-refractivity contribution < 1.29 is 0 Å². The predicted octanol–water partition coefficient (Wildman–Crippen LogP) is 4.03. The molecule has 1 fully saturated rings. The van der Waals surface area contributed by atoms with Gasteiger partial charge in [0.25, 0.3) is 0 Å². The van der Waals surface area contributed by atoms with Gasteiger partial charge in [0.1, 0.15) is 0 Å². The van der Waals surface area contributed by atoms with Crippen LogP contribution in [0.3, 0.4) is 0 Å². The van der Waals surface area contributed by atoms with Crippen LogP contribution in [0.4, 0.5) is 5.69 Å². The van der Waals surface area contributed by atoms with Crippen molar-refractivity contribution in [1.29, 1.82) is 0 Å². The maximum Gasteiger partial charge on any atom is 0.211 e. The molecule has 0 saturated carbocycles. The van der Waals surface area contributed by atoms with Gasteiger partial charge in [0, 0.05) is 28.1 Å². The van der Waals surface area contributed by atoms with Crippen molar-refractivity contribution >= 4 is 27.1 Å². The average molecular weight is 273 g/mol. The van der Waals surface area contributed by atoms with Crippen LogP contribution in [-0.2, 0) is 0 Å². The second-order valence-electron chi connectivity index (χ2n) is 5.20. The Morgan fingerprint density at radius 3 is 3.00 bits per heavy atom. The van der Waals surface area contributed by atoms with Gasteiger partial charge in [-0.1, -0.05) is 19.1 Å². The number of hydrogen-bond donors (Lipinski definition) is 0. The fraction of sp³-hybridized carbons (Fsp3) is 0.438. The van der Waals surface area contributed by atoms with Gasteiger partial charge in [-0.05, 0) is 37.8 Å². The van der Waals surface area contributed by atoms with E-state index in [1.807, 2.05) is 24.3 Å². The lowest BCUT2D eigenvalue weighted by molar-refractivity contribution is 0.449. The third-order valence-corrected chi connectivity index (χ3v) is 5.02. The molecule has 2 nitrogen and oxygen atoms in total. The zero-order chi connectivity index (χ0) is 13.2. The summed E-state index contributed by atoms with van der Waals surface area (Å²) < 4.78 is 1.08. The molecular weight excluding hydrogens is 254 g/mol. The minimum absolute atomic E-state index is 0.203. The quantitative estimate of drug-likeness (QED) is 0.823. The number of hydrogen-bond acceptors (Lipinski definition) is 3. The summed E-state index contributed by atoms with van der Waals surface area (Å²) in [7, 11) is 0. The summed E-state index contributed by atoms with van der Waals surface area (Å²) in [5.41, 5.74) is 1.12. The lowest BCUT2D eigenvalue weighted by Gasteiger charge is -2.36. The van der Waals surface area contributed by atoms with E-state index in [1.54, 1.807) is 11.3 Å². The Kier molecular flexibility index (Phi) is 3.56. The van der Waals surface area contributed by atoms with Crippen molar-refractivity contribution in [3.63, 3.8) is 0 Å². The van der Waals surface area contributed by atoms with Crippen molar-refractivity contribution in [2.24, 2.45) is 0 Å². The SMILES string of the molecule is CCC1CCCCN1c1csc2ccccc2c1=O. The van der Waals surface area contributed by atoms with Gasteiger partial charge < -0.3 is 4.90 Å². The zero-order valence-corrected chi connectivity index (χ0v) is 12.1. The molecule has 1 unspecified atom stereocenters. The first-order chi connectivity index (χ1) is 9.31. The maximum absolute atomic E-state index is 12.7. The van der Waals surface area contributed by atoms with E-state index >= 15 is 0 Å². The number of nitrogens with zero attached hydrogens (tertiary/aromatic N) is 1. The van der Waals surface area contributed by atoms with Crippen molar-refractivity contribution in [3.05, 3.63) is 39.9 Å². The Hall–Kier alpha value is -1.35. The molecule has 19 heavy (non-hydrogen) atoms. The van der Waals surface area contributed by atoms with Gasteiger partial charge in [-0.3, -0.25) is 4.79 Å². The Labute approximate surface area is 117 Å². The lowest BCUT2D eigenvalue weighted by atomic mass is 9.99. The second-order valence-corrected chi connectivity index (χ2v) is 6.11. The van der Waals surface area contributed by atoms with Gasteiger partial charge >= 0.3 is 0 Å². The topological polar surface area (TPSA) is 20.3 Å². The first-order valence-corrected chi connectivity index (χ1v) is 7.96. The van der Waals surface area contributed by atoms with Crippen LogP contribution in [0.15, 0.2) is 34.4 Å². The highest BCUT2D eigenvalue weighted by Crippen LogP contribution is 2.27. The largest absolute Gasteiger partial charge is 0.365 e. The van der Waals surface area contributed by atoms with Crippen molar-refractivity contribution in [3.8, 4) is 0 Å². The van der Waals surface area contributed by atoms with Gasteiger partial charge in [-0.15, -0.1) is 11.3 Å². The molecule has 1 atom stereocenters. The normalized spacial score (nSPS) is 19.8. The van der Waals surface area contributed by atoms with E-state index in [1.165, 1.54) is 19.3 Å². The van der Waals surface area contributed by atoms with Crippen LogP contribution in [0.1, 0.15) is 32.6 Å².